The molecule has 2 fully saturated rings. The third-order valence-corrected chi connectivity index (χ3v) is 6.09. The average molecular weight is 331 g/mol. The SMILES string of the molecule is COc1cc2c(cc1CN1C[C@@H]3COCC[C@]3(C(=O)O)C1)CCC2. The molecule has 1 N–H and O–H groups in total. The molecule has 3 aliphatic rings. The standard InChI is InChI=1S/C19H25NO4/c1-23-17-8-14-4-2-3-13(14)7-15(17)9-20-10-16-11-24-6-5-19(16,12-20)18(21)22/h7-8,16H,2-6,9-12H2,1H3,(H,21,22)/t16-,19+/m1/s1. The molecule has 0 radical (unpaired) electrons. The maximum atomic E-state index is 11.9. The molecule has 0 saturated carbocycles. The highest BCUT2D eigenvalue weighted by Crippen LogP contribution is 2.43. The average Bonchev–Trinajstić information content (AvgIpc) is 3.17. The second-order valence-corrected chi connectivity index (χ2v) is 7.44. The van der Waals surface area contributed by atoms with Gasteiger partial charge in [0, 0.05) is 37.7 Å². The van der Waals surface area contributed by atoms with Crippen molar-refractivity contribution >= 4 is 5.97 Å². The van der Waals surface area contributed by atoms with Gasteiger partial charge < -0.3 is 14.6 Å². The predicted octanol–water partition coefficient (Wildman–Crippen LogP) is 2.11. The van der Waals surface area contributed by atoms with Crippen LogP contribution in [0.15, 0.2) is 12.1 Å². The molecule has 2 saturated heterocycles. The van der Waals surface area contributed by atoms with Gasteiger partial charge in [-0.25, -0.2) is 0 Å². The molecule has 4 rings (SSSR count). The van der Waals surface area contributed by atoms with E-state index in [1.54, 1.807) is 7.11 Å². The van der Waals surface area contributed by atoms with Crippen molar-refractivity contribution < 1.29 is 19.4 Å². The molecule has 1 aromatic rings. The molecule has 2 atom stereocenters. The zero-order valence-corrected chi connectivity index (χ0v) is 14.2. The topological polar surface area (TPSA) is 59.0 Å². The Hall–Kier alpha value is -1.59. The highest BCUT2D eigenvalue weighted by molar-refractivity contribution is 5.76. The van der Waals surface area contributed by atoms with E-state index in [1.165, 1.54) is 23.1 Å². The predicted molar refractivity (Wildman–Crippen MR) is 89.3 cm³/mol. The van der Waals surface area contributed by atoms with Gasteiger partial charge in [-0.1, -0.05) is 6.07 Å². The number of aliphatic carboxylic acids is 1. The lowest BCUT2D eigenvalue weighted by atomic mass is 9.74. The third kappa shape index (κ3) is 2.50. The van der Waals surface area contributed by atoms with Gasteiger partial charge in [0.15, 0.2) is 0 Å². The number of rotatable bonds is 4. The molecular weight excluding hydrogens is 306 g/mol. The fourth-order valence-corrected chi connectivity index (χ4v) is 4.73. The highest BCUT2D eigenvalue weighted by Gasteiger charge is 2.53. The first-order valence-electron chi connectivity index (χ1n) is 8.84. The Kier molecular flexibility index (Phi) is 4.01. The van der Waals surface area contributed by atoms with Crippen molar-refractivity contribution in [1.82, 2.24) is 4.90 Å². The lowest BCUT2D eigenvalue weighted by Crippen LogP contribution is -2.44. The zero-order chi connectivity index (χ0) is 16.7. The van der Waals surface area contributed by atoms with Gasteiger partial charge >= 0.3 is 5.97 Å². The van der Waals surface area contributed by atoms with Crippen LogP contribution in [0.4, 0.5) is 0 Å². The van der Waals surface area contributed by atoms with Gasteiger partial charge in [0.25, 0.3) is 0 Å². The molecule has 0 bridgehead atoms. The van der Waals surface area contributed by atoms with Crippen molar-refractivity contribution in [1.29, 1.82) is 0 Å². The van der Waals surface area contributed by atoms with Crippen molar-refractivity contribution in [2.24, 2.45) is 11.3 Å². The maximum Gasteiger partial charge on any atom is 0.311 e. The molecule has 5 heteroatoms. The quantitative estimate of drug-likeness (QED) is 0.916. The number of ether oxygens (including phenoxy) is 2. The van der Waals surface area contributed by atoms with Crippen LogP contribution in [0.2, 0.25) is 0 Å². The van der Waals surface area contributed by atoms with Crippen LogP contribution in [0.25, 0.3) is 0 Å². The molecule has 0 spiro atoms. The van der Waals surface area contributed by atoms with Crippen LogP contribution in [0.5, 0.6) is 5.75 Å². The Balaban J connectivity index is 1.57. The first-order valence-corrected chi connectivity index (χ1v) is 8.84. The summed E-state index contributed by atoms with van der Waals surface area (Å²) in [4.78, 5) is 14.2. The maximum absolute atomic E-state index is 11.9. The van der Waals surface area contributed by atoms with E-state index in [1.807, 2.05) is 0 Å². The second-order valence-electron chi connectivity index (χ2n) is 7.44. The van der Waals surface area contributed by atoms with Crippen molar-refractivity contribution in [2.45, 2.75) is 32.2 Å². The number of carboxylic acid groups (broad SMARTS) is 1. The van der Waals surface area contributed by atoms with Crippen molar-refractivity contribution in [3.63, 3.8) is 0 Å². The van der Waals surface area contributed by atoms with E-state index in [9.17, 15) is 9.90 Å². The zero-order valence-electron chi connectivity index (χ0n) is 14.2. The van der Waals surface area contributed by atoms with E-state index in [0.717, 1.165) is 31.7 Å². The van der Waals surface area contributed by atoms with Crippen LogP contribution in [-0.4, -0.2) is 49.4 Å². The second kappa shape index (κ2) is 6.05. The fraction of sp³-hybridized carbons (Fsp3) is 0.632. The van der Waals surface area contributed by atoms with E-state index in [-0.39, 0.29) is 5.92 Å². The van der Waals surface area contributed by atoms with Gasteiger partial charge in [0.1, 0.15) is 5.75 Å². The first kappa shape index (κ1) is 15.9. The van der Waals surface area contributed by atoms with Crippen LogP contribution in [0.1, 0.15) is 29.5 Å². The molecule has 0 amide bonds. The number of hydrogen-bond acceptors (Lipinski definition) is 4. The van der Waals surface area contributed by atoms with Crippen molar-refractivity contribution in [3.05, 3.63) is 28.8 Å². The number of fused-ring (bicyclic) bond motifs is 2. The van der Waals surface area contributed by atoms with Crippen LogP contribution in [-0.2, 0) is 28.9 Å². The minimum atomic E-state index is -0.667. The van der Waals surface area contributed by atoms with Gasteiger partial charge in [-0.2, -0.15) is 0 Å². The number of likely N-dealkylation sites (tertiary alicyclic amines) is 1. The summed E-state index contributed by atoms with van der Waals surface area (Å²) in [5.41, 5.74) is 3.38. The van der Waals surface area contributed by atoms with Gasteiger partial charge in [-0.15, -0.1) is 0 Å². The number of hydrogen-bond donors (Lipinski definition) is 1. The Bertz CT molecular complexity index is 659. The molecule has 24 heavy (non-hydrogen) atoms. The highest BCUT2D eigenvalue weighted by atomic mass is 16.5. The largest absolute Gasteiger partial charge is 0.496 e. The number of methoxy groups -OCH3 is 1. The Morgan fingerprint density at radius 3 is 2.92 bits per heavy atom. The molecule has 1 aliphatic carbocycles. The molecule has 2 aliphatic heterocycles. The van der Waals surface area contributed by atoms with Crippen LogP contribution in [0, 0.1) is 11.3 Å². The Labute approximate surface area is 142 Å². The minimum Gasteiger partial charge on any atom is -0.496 e. The summed E-state index contributed by atoms with van der Waals surface area (Å²) >= 11 is 0. The molecule has 130 valence electrons. The van der Waals surface area contributed by atoms with Crippen LogP contribution >= 0.6 is 0 Å². The van der Waals surface area contributed by atoms with Gasteiger partial charge in [0.2, 0.25) is 0 Å². The summed E-state index contributed by atoms with van der Waals surface area (Å²) in [5.74, 6) is 0.356. The molecular formula is C19H25NO4. The number of carbonyl (C=O) groups is 1. The molecule has 0 unspecified atom stereocenters. The van der Waals surface area contributed by atoms with Gasteiger partial charge in [-0.05, 0) is 42.9 Å². The normalized spacial score (nSPS) is 29.3. The summed E-state index contributed by atoms with van der Waals surface area (Å²) < 4.78 is 11.2. The van der Waals surface area contributed by atoms with Crippen molar-refractivity contribution in [2.75, 3.05) is 33.4 Å². The number of carboxylic acids is 1. The number of aryl methyl sites for hydroxylation is 2. The summed E-state index contributed by atoms with van der Waals surface area (Å²) in [6.45, 7) is 3.26. The number of nitrogens with zero attached hydrogens (tertiary/aromatic N) is 1. The molecule has 5 nitrogen and oxygen atoms in total. The molecule has 0 aromatic heterocycles. The van der Waals surface area contributed by atoms with Crippen LogP contribution < -0.4 is 4.74 Å². The summed E-state index contributed by atoms with van der Waals surface area (Å²) in [6.07, 6.45) is 4.11. The monoisotopic (exact) mass is 331 g/mol. The van der Waals surface area contributed by atoms with Gasteiger partial charge in [-0.3, -0.25) is 9.69 Å². The van der Waals surface area contributed by atoms with E-state index < -0.39 is 11.4 Å². The fourth-order valence-electron chi connectivity index (χ4n) is 4.73. The van der Waals surface area contributed by atoms with Crippen molar-refractivity contribution in [3.8, 4) is 5.75 Å². The van der Waals surface area contributed by atoms with E-state index in [0.29, 0.717) is 26.2 Å². The summed E-state index contributed by atoms with van der Waals surface area (Å²) in [7, 11) is 1.72. The molecule has 2 heterocycles. The van der Waals surface area contributed by atoms with E-state index in [2.05, 4.69) is 17.0 Å². The van der Waals surface area contributed by atoms with E-state index in [4.69, 9.17) is 9.47 Å². The lowest BCUT2D eigenvalue weighted by molar-refractivity contribution is -0.157. The Morgan fingerprint density at radius 1 is 1.42 bits per heavy atom. The summed E-state index contributed by atoms with van der Waals surface area (Å²) in [6, 6.07) is 4.45. The summed E-state index contributed by atoms with van der Waals surface area (Å²) in [5, 5.41) is 9.80. The Morgan fingerprint density at radius 2 is 2.21 bits per heavy atom. The van der Waals surface area contributed by atoms with Crippen LogP contribution in [0.3, 0.4) is 0 Å². The first-order chi connectivity index (χ1) is 11.6. The lowest BCUT2D eigenvalue weighted by Gasteiger charge is -2.34. The minimum absolute atomic E-state index is 0.0872. The third-order valence-electron chi connectivity index (χ3n) is 6.09. The van der Waals surface area contributed by atoms with Gasteiger partial charge in [0.05, 0.1) is 19.1 Å². The number of benzene rings is 1. The molecule has 1 aromatic carbocycles. The smallest absolute Gasteiger partial charge is 0.311 e. The van der Waals surface area contributed by atoms with E-state index >= 15 is 0 Å².